The Kier molecular flexibility index (Phi) is 6.45. The summed E-state index contributed by atoms with van der Waals surface area (Å²) >= 11 is 0. The van der Waals surface area contributed by atoms with Crippen molar-refractivity contribution in [2.45, 2.75) is 69.7 Å². The van der Waals surface area contributed by atoms with Crippen molar-refractivity contribution < 1.29 is 28.6 Å². The maximum absolute atomic E-state index is 14.5. The predicted molar refractivity (Wildman–Crippen MR) is 126 cm³/mol. The van der Waals surface area contributed by atoms with E-state index in [2.05, 4.69) is 0 Å². The van der Waals surface area contributed by atoms with E-state index in [-0.39, 0.29) is 49.4 Å². The fraction of sp³-hybridized carbons (Fsp3) is 0.444. The van der Waals surface area contributed by atoms with Crippen molar-refractivity contribution in [1.82, 2.24) is 4.90 Å². The third-order valence-corrected chi connectivity index (χ3v) is 7.32. The van der Waals surface area contributed by atoms with Gasteiger partial charge in [-0.25, -0.2) is 9.18 Å². The van der Waals surface area contributed by atoms with E-state index in [1.165, 1.54) is 12.1 Å². The Morgan fingerprint density at radius 1 is 1.03 bits per heavy atom. The number of carbonyl (C=O) groups is 3. The van der Waals surface area contributed by atoms with Crippen LogP contribution in [0.3, 0.4) is 0 Å². The van der Waals surface area contributed by atoms with Crippen molar-refractivity contribution in [2.24, 2.45) is 5.92 Å². The highest BCUT2D eigenvalue weighted by Gasteiger charge is 2.51. The van der Waals surface area contributed by atoms with Gasteiger partial charge < -0.3 is 14.7 Å². The Morgan fingerprint density at radius 3 is 2.51 bits per heavy atom. The first-order chi connectivity index (χ1) is 16.9. The van der Waals surface area contributed by atoms with E-state index in [0.29, 0.717) is 5.69 Å². The number of hydrogen-bond acceptors (Lipinski definition) is 4. The second-order valence-electron chi connectivity index (χ2n) is 9.65. The van der Waals surface area contributed by atoms with Gasteiger partial charge in [-0.05, 0) is 48.9 Å². The van der Waals surface area contributed by atoms with Gasteiger partial charge >= 0.3 is 12.1 Å². The standard InChI is InChI=1S/C27H29FN2O5/c28-18-9-12-21-23(15-18)30(27(34)35-16-17-5-2-1-3-6-17)22-8-4-7-20(22)26(21)29(19-10-11-19)24(31)13-14-25(32)33/h1-3,5-6,9,12,15,19-20,22,26H,4,7-8,10-11,13-14,16H2,(H,32,33)/t20-,22+,26-/m1/s1. The quantitative estimate of drug-likeness (QED) is 0.599. The molecule has 2 aromatic rings. The number of carboxylic acids is 1. The van der Waals surface area contributed by atoms with Crippen LogP contribution in [0.5, 0.6) is 0 Å². The molecule has 35 heavy (non-hydrogen) atoms. The number of aliphatic carboxylic acids is 1. The number of ether oxygens (including phenoxy) is 1. The lowest BCUT2D eigenvalue weighted by molar-refractivity contribution is -0.142. The molecule has 0 saturated heterocycles. The summed E-state index contributed by atoms with van der Waals surface area (Å²) in [5, 5.41) is 9.11. The molecular weight excluding hydrogens is 451 g/mol. The number of anilines is 1. The molecule has 184 valence electrons. The monoisotopic (exact) mass is 480 g/mol. The number of halogens is 1. The van der Waals surface area contributed by atoms with Gasteiger partial charge in [0.25, 0.3) is 0 Å². The number of carboxylic acid groups (broad SMARTS) is 1. The summed E-state index contributed by atoms with van der Waals surface area (Å²) in [7, 11) is 0. The van der Waals surface area contributed by atoms with Crippen molar-refractivity contribution >= 4 is 23.7 Å². The molecule has 1 N–H and O–H groups in total. The highest BCUT2D eigenvalue weighted by Crippen LogP contribution is 2.53. The van der Waals surface area contributed by atoms with Gasteiger partial charge in [0.05, 0.1) is 18.2 Å². The number of hydrogen-bond donors (Lipinski definition) is 1. The third kappa shape index (κ3) is 4.74. The van der Waals surface area contributed by atoms with E-state index in [4.69, 9.17) is 9.84 Å². The molecule has 1 heterocycles. The lowest BCUT2D eigenvalue weighted by Gasteiger charge is -2.47. The van der Waals surface area contributed by atoms with Crippen LogP contribution in [0.4, 0.5) is 14.9 Å². The first-order valence-corrected chi connectivity index (χ1v) is 12.3. The summed E-state index contributed by atoms with van der Waals surface area (Å²) < 4.78 is 20.1. The van der Waals surface area contributed by atoms with E-state index in [1.807, 2.05) is 35.2 Å². The van der Waals surface area contributed by atoms with Gasteiger partial charge in [0.1, 0.15) is 12.4 Å². The van der Waals surface area contributed by atoms with E-state index in [1.54, 1.807) is 11.0 Å². The molecule has 2 amide bonds. The molecule has 0 spiro atoms. The zero-order valence-electron chi connectivity index (χ0n) is 19.4. The average molecular weight is 481 g/mol. The SMILES string of the molecule is O=C(O)CCC(=O)N(C1CC1)[C@H]1c2ccc(F)cc2N(C(=O)OCc2ccccc2)[C@H]2CCC[C@H]21. The van der Waals surface area contributed by atoms with Gasteiger partial charge in [-0.2, -0.15) is 0 Å². The van der Waals surface area contributed by atoms with Crippen molar-refractivity contribution in [2.75, 3.05) is 4.90 Å². The molecule has 8 heteroatoms. The number of amides is 2. The highest BCUT2D eigenvalue weighted by molar-refractivity contribution is 5.91. The lowest BCUT2D eigenvalue weighted by Crippen LogP contribution is -2.53. The van der Waals surface area contributed by atoms with Gasteiger partial charge in [-0.15, -0.1) is 0 Å². The topological polar surface area (TPSA) is 87.2 Å². The molecule has 5 rings (SSSR count). The molecule has 2 saturated carbocycles. The summed E-state index contributed by atoms with van der Waals surface area (Å²) in [4.78, 5) is 41.2. The summed E-state index contributed by atoms with van der Waals surface area (Å²) in [5.74, 6) is -1.69. The Morgan fingerprint density at radius 2 is 1.80 bits per heavy atom. The maximum Gasteiger partial charge on any atom is 0.414 e. The Balaban J connectivity index is 1.49. The van der Waals surface area contributed by atoms with E-state index in [0.717, 1.165) is 43.2 Å². The smallest absolute Gasteiger partial charge is 0.414 e. The maximum atomic E-state index is 14.5. The van der Waals surface area contributed by atoms with Crippen LogP contribution in [-0.2, 0) is 20.9 Å². The van der Waals surface area contributed by atoms with Crippen LogP contribution in [0.1, 0.15) is 62.1 Å². The van der Waals surface area contributed by atoms with Crippen LogP contribution in [0.15, 0.2) is 48.5 Å². The first kappa shape index (κ1) is 23.3. The summed E-state index contributed by atoms with van der Waals surface area (Å²) in [6, 6.07) is 13.3. The molecule has 3 atom stereocenters. The van der Waals surface area contributed by atoms with E-state index >= 15 is 0 Å². The molecule has 0 bridgehead atoms. The van der Waals surface area contributed by atoms with Crippen molar-refractivity contribution in [3.63, 3.8) is 0 Å². The van der Waals surface area contributed by atoms with E-state index < -0.39 is 17.9 Å². The van der Waals surface area contributed by atoms with Crippen molar-refractivity contribution in [3.05, 3.63) is 65.5 Å². The van der Waals surface area contributed by atoms with Gasteiger partial charge in [-0.3, -0.25) is 14.5 Å². The fourth-order valence-corrected chi connectivity index (χ4v) is 5.70. The molecule has 0 radical (unpaired) electrons. The van der Waals surface area contributed by atoms with Crippen molar-refractivity contribution in [3.8, 4) is 0 Å². The van der Waals surface area contributed by atoms with Crippen LogP contribution in [-0.4, -0.2) is 40.1 Å². The molecule has 2 fully saturated rings. The Hall–Kier alpha value is -3.42. The van der Waals surface area contributed by atoms with Crippen LogP contribution in [0.25, 0.3) is 0 Å². The third-order valence-electron chi connectivity index (χ3n) is 7.32. The minimum atomic E-state index is -1.01. The van der Waals surface area contributed by atoms with E-state index in [9.17, 15) is 18.8 Å². The molecule has 7 nitrogen and oxygen atoms in total. The molecule has 1 aliphatic heterocycles. The van der Waals surface area contributed by atoms with Gasteiger partial charge in [-0.1, -0.05) is 42.8 Å². The summed E-state index contributed by atoms with van der Waals surface area (Å²) in [5.41, 5.74) is 2.02. The molecule has 2 aromatic carbocycles. The van der Waals surface area contributed by atoms with Gasteiger partial charge in [0.15, 0.2) is 0 Å². The minimum absolute atomic E-state index is 0.0217. The fourth-order valence-electron chi connectivity index (χ4n) is 5.70. The zero-order chi connectivity index (χ0) is 24.5. The number of benzene rings is 2. The summed E-state index contributed by atoms with van der Waals surface area (Å²) in [6.07, 6.45) is 3.36. The van der Waals surface area contributed by atoms with Crippen LogP contribution in [0, 0.1) is 11.7 Å². The van der Waals surface area contributed by atoms with Crippen LogP contribution < -0.4 is 4.90 Å². The average Bonchev–Trinajstić information content (AvgIpc) is 3.57. The van der Waals surface area contributed by atoms with Crippen LogP contribution in [0.2, 0.25) is 0 Å². The van der Waals surface area contributed by atoms with Gasteiger partial charge in [0, 0.05) is 24.4 Å². The molecule has 0 aromatic heterocycles. The normalized spacial score (nSPS) is 22.8. The highest BCUT2D eigenvalue weighted by atomic mass is 19.1. The van der Waals surface area contributed by atoms with Crippen LogP contribution >= 0.6 is 0 Å². The first-order valence-electron chi connectivity index (χ1n) is 12.3. The molecule has 2 aliphatic carbocycles. The lowest BCUT2D eigenvalue weighted by atomic mass is 9.81. The molecular formula is C27H29FN2O5. The number of nitrogens with zero attached hydrogens (tertiary/aromatic N) is 2. The second-order valence-corrected chi connectivity index (χ2v) is 9.65. The largest absolute Gasteiger partial charge is 0.481 e. The zero-order valence-corrected chi connectivity index (χ0v) is 19.4. The molecule has 3 aliphatic rings. The minimum Gasteiger partial charge on any atom is -0.481 e. The second kappa shape index (κ2) is 9.68. The Bertz CT molecular complexity index is 1120. The number of carbonyl (C=O) groups excluding carboxylic acids is 2. The van der Waals surface area contributed by atoms with Gasteiger partial charge in [0.2, 0.25) is 5.91 Å². The number of rotatable bonds is 7. The predicted octanol–water partition coefficient (Wildman–Crippen LogP) is 5.05. The van der Waals surface area contributed by atoms with Crippen molar-refractivity contribution in [1.29, 1.82) is 0 Å². The number of fused-ring (bicyclic) bond motifs is 2. The Labute approximate surface area is 203 Å². The summed E-state index contributed by atoms with van der Waals surface area (Å²) in [6.45, 7) is 0.115. The molecule has 0 unspecified atom stereocenters.